The van der Waals surface area contributed by atoms with E-state index in [1.54, 1.807) is 34.7 Å². The first-order valence-corrected chi connectivity index (χ1v) is 17.2. The van der Waals surface area contributed by atoms with Gasteiger partial charge in [0.1, 0.15) is 0 Å². The molecule has 1 aliphatic heterocycles. The normalized spacial score (nSPS) is 13.9. The van der Waals surface area contributed by atoms with Crippen LogP contribution in [0.4, 0.5) is 14.5 Å². The van der Waals surface area contributed by atoms with Gasteiger partial charge in [-0.05, 0) is 51.7 Å². The SMILES string of the molecule is COCCn1cc(-c2ccc(-c3cnc(C(=O)Nc4ccc(C(=O)N5CCN(C(=O)CC[C@@H](O)CN(C)C)CC5)c(Cl)c4)n3C)c(F)c2F)c(C)n1. The lowest BCUT2D eigenvalue weighted by molar-refractivity contribution is -0.133. The number of carbonyl (C=O) groups excluding carboxylic acids is 3. The Labute approximate surface area is 305 Å². The van der Waals surface area contributed by atoms with Gasteiger partial charge in [0, 0.05) is 81.9 Å². The van der Waals surface area contributed by atoms with Crippen LogP contribution in [0.5, 0.6) is 0 Å². The van der Waals surface area contributed by atoms with Crippen molar-refractivity contribution in [3.8, 4) is 22.4 Å². The van der Waals surface area contributed by atoms with Crippen molar-refractivity contribution in [3.05, 3.63) is 76.5 Å². The molecule has 2 aromatic heterocycles. The molecule has 16 heteroatoms. The smallest absolute Gasteiger partial charge is 0.291 e. The summed E-state index contributed by atoms with van der Waals surface area (Å²) in [6, 6.07) is 7.40. The summed E-state index contributed by atoms with van der Waals surface area (Å²) in [5.41, 5.74) is 1.69. The fraction of sp³-hybridized carbons (Fsp3) is 0.417. The zero-order valence-electron chi connectivity index (χ0n) is 29.8. The van der Waals surface area contributed by atoms with Gasteiger partial charge in [0.2, 0.25) is 5.91 Å². The van der Waals surface area contributed by atoms with Crippen LogP contribution in [0.2, 0.25) is 5.02 Å². The van der Waals surface area contributed by atoms with Gasteiger partial charge in [0.05, 0.1) is 47.4 Å². The summed E-state index contributed by atoms with van der Waals surface area (Å²) >= 11 is 6.50. The Morgan fingerprint density at radius 3 is 2.38 bits per heavy atom. The van der Waals surface area contributed by atoms with E-state index in [-0.39, 0.29) is 51.5 Å². The number of amides is 3. The molecular formula is C36H43ClF2N8O5. The minimum Gasteiger partial charge on any atom is -0.392 e. The Balaban J connectivity index is 1.21. The van der Waals surface area contributed by atoms with Crippen molar-refractivity contribution in [2.75, 3.05) is 65.9 Å². The maximum Gasteiger partial charge on any atom is 0.291 e. The number of benzene rings is 2. The van der Waals surface area contributed by atoms with Crippen LogP contribution in [0.15, 0.2) is 42.7 Å². The topological polar surface area (TPSA) is 138 Å². The summed E-state index contributed by atoms with van der Waals surface area (Å²) in [5.74, 6) is -3.20. The number of aliphatic hydroxyl groups is 1. The van der Waals surface area contributed by atoms with Crippen LogP contribution < -0.4 is 5.32 Å². The molecule has 3 heterocycles. The van der Waals surface area contributed by atoms with E-state index in [1.165, 1.54) is 48.1 Å². The van der Waals surface area contributed by atoms with Gasteiger partial charge in [-0.25, -0.2) is 13.8 Å². The standard InChI is InChI=1S/C36H43ClF2N8O5/c1-22-28(21-47(42-22)16-17-52-5)25-9-10-27(33(39)32(25)38)30-19-40-34(44(30)4)35(50)41-23-6-8-26(29(37)18-23)36(51)46-14-12-45(13-15-46)31(49)11-7-24(48)20-43(2)3/h6,8-10,18-19,21,24,48H,7,11-17,20H2,1-5H3,(H,41,50)/t24-/m1/s1. The van der Waals surface area contributed by atoms with Gasteiger partial charge in [-0.2, -0.15) is 5.10 Å². The minimum absolute atomic E-state index is 0.0573. The molecule has 13 nitrogen and oxygen atoms in total. The second-order valence-electron chi connectivity index (χ2n) is 13.0. The molecule has 2 aromatic carbocycles. The number of hydrogen-bond donors (Lipinski definition) is 2. The minimum atomic E-state index is -1.09. The zero-order chi connectivity index (χ0) is 37.7. The lowest BCUT2D eigenvalue weighted by Crippen LogP contribution is -2.50. The average molecular weight is 741 g/mol. The predicted molar refractivity (Wildman–Crippen MR) is 192 cm³/mol. The van der Waals surface area contributed by atoms with Crippen molar-refractivity contribution in [2.45, 2.75) is 32.4 Å². The summed E-state index contributed by atoms with van der Waals surface area (Å²) in [6.45, 7) is 4.46. The third-order valence-corrected chi connectivity index (χ3v) is 9.27. The molecule has 0 spiro atoms. The number of rotatable bonds is 13. The molecular weight excluding hydrogens is 698 g/mol. The lowest BCUT2D eigenvalue weighted by atomic mass is 10.0. The summed E-state index contributed by atoms with van der Waals surface area (Å²) in [7, 11) is 6.80. The monoisotopic (exact) mass is 740 g/mol. The molecule has 4 aromatic rings. The Kier molecular flexibility index (Phi) is 12.4. The molecule has 1 fully saturated rings. The van der Waals surface area contributed by atoms with E-state index in [4.69, 9.17) is 16.3 Å². The molecule has 1 saturated heterocycles. The Hall–Kier alpha value is -4.70. The number of ether oxygens (including phenoxy) is 1. The maximum atomic E-state index is 15.5. The molecule has 0 aliphatic carbocycles. The molecule has 0 saturated carbocycles. The number of aromatic nitrogens is 4. The second kappa shape index (κ2) is 16.8. The molecule has 0 unspecified atom stereocenters. The average Bonchev–Trinajstić information content (AvgIpc) is 3.68. The predicted octanol–water partition coefficient (Wildman–Crippen LogP) is 4.08. The number of aliphatic hydroxyl groups excluding tert-OH is 1. The van der Waals surface area contributed by atoms with E-state index in [1.807, 2.05) is 19.0 Å². The number of carbonyl (C=O) groups is 3. The fourth-order valence-corrected chi connectivity index (χ4v) is 6.41. The molecule has 3 amide bonds. The van der Waals surface area contributed by atoms with Crippen LogP contribution in [-0.4, -0.2) is 123 Å². The van der Waals surface area contributed by atoms with Crippen molar-refractivity contribution in [3.63, 3.8) is 0 Å². The van der Waals surface area contributed by atoms with Gasteiger partial charge in [-0.3, -0.25) is 19.1 Å². The van der Waals surface area contributed by atoms with Crippen LogP contribution >= 0.6 is 11.6 Å². The maximum absolute atomic E-state index is 15.5. The fourth-order valence-electron chi connectivity index (χ4n) is 6.15. The number of hydrogen-bond acceptors (Lipinski definition) is 8. The van der Waals surface area contributed by atoms with Gasteiger partial charge in [-0.1, -0.05) is 17.7 Å². The highest BCUT2D eigenvalue weighted by molar-refractivity contribution is 6.34. The number of nitrogens with zero attached hydrogens (tertiary/aromatic N) is 7. The second-order valence-corrected chi connectivity index (χ2v) is 13.4. The van der Waals surface area contributed by atoms with Crippen molar-refractivity contribution < 1.29 is 33.0 Å². The summed E-state index contributed by atoms with van der Waals surface area (Å²) in [4.78, 5) is 48.5. The first-order chi connectivity index (χ1) is 24.8. The van der Waals surface area contributed by atoms with E-state index in [2.05, 4.69) is 15.4 Å². The lowest BCUT2D eigenvalue weighted by Gasteiger charge is -2.35. The van der Waals surface area contributed by atoms with Gasteiger partial charge in [-0.15, -0.1) is 0 Å². The molecule has 2 N–H and O–H groups in total. The number of piperazine rings is 1. The molecule has 52 heavy (non-hydrogen) atoms. The highest BCUT2D eigenvalue weighted by Gasteiger charge is 2.27. The van der Waals surface area contributed by atoms with Crippen LogP contribution in [-0.2, 0) is 23.1 Å². The first-order valence-electron chi connectivity index (χ1n) is 16.8. The van der Waals surface area contributed by atoms with Crippen LogP contribution in [0.25, 0.3) is 22.4 Å². The summed E-state index contributed by atoms with van der Waals surface area (Å²) < 4.78 is 39.0. The quantitative estimate of drug-likeness (QED) is 0.209. The summed E-state index contributed by atoms with van der Waals surface area (Å²) in [5, 5.41) is 17.2. The molecule has 5 rings (SSSR count). The highest BCUT2D eigenvalue weighted by atomic mass is 35.5. The van der Waals surface area contributed by atoms with Gasteiger partial charge in [0.15, 0.2) is 17.5 Å². The molecule has 0 radical (unpaired) electrons. The highest BCUT2D eigenvalue weighted by Crippen LogP contribution is 2.33. The Morgan fingerprint density at radius 2 is 1.71 bits per heavy atom. The summed E-state index contributed by atoms with van der Waals surface area (Å²) in [6.07, 6.45) is 2.94. The molecule has 1 aliphatic rings. The molecule has 278 valence electrons. The largest absolute Gasteiger partial charge is 0.392 e. The van der Waals surface area contributed by atoms with E-state index < -0.39 is 23.6 Å². The first kappa shape index (κ1) is 38.5. The Morgan fingerprint density at radius 1 is 1.04 bits per heavy atom. The zero-order valence-corrected chi connectivity index (χ0v) is 30.6. The van der Waals surface area contributed by atoms with Gasteiger partial charge < -0.3 is 34.4 Å². The van der Waals surface area contributed by atoms with Crippen molar-refractivity contribution in [1.29, 1.82) is 0 Å². The van der Waals surface area contributed by atoms with Gasteiger partial charge in [0.25, 0.3) is 11.8 Å². The Bertz CT molecular complexity index is 1940. The number of nitrogens with one attached hydrogen (secondary N) is 1. The van der Waals surface area contributed by atoms with E-state index in [0.29, 0.717) is 69.2 Å². The van der Waals surface area contributed by atoms with Gasteiger partial charge >= 0.3 is 0 Å². The van der Waals surface area contributed by atoms with E-state index in [0.717, 1.165) is 0 Å². The third kappa shape index (κ3) is 8.66. The van der Waals surface area contributed by atoms with Crippen LogP contribution in [0.1, 0.15) is 39.5 Å². The number of aryl methyl sites for hydroxylation is 1. The number of imidazole rings is 1. The van der Waals surface area contributed by atoms with E-state index >= 15 is 8.78 Å². The van der Waals surface area contributed by atoms with Crippen molar-refractivity contribution in [2.24, 2.45) is 7.05 Å². The van der Waals surface area contributed by atoms with Crippen LogP contribution in [0, 0.1) is 18.6 Å². The van der Waals surface area contributed by atoms with Crippen molar-refractivity contribution >= 4 is 35.0 Å². The number of likely N-dealkylation sites (N-methyl/N-ethyl adjacent to an activating group) is 1. The van der Waals surface area contributed by atoms with E-state index in [9.17, 15) is 19.5 Å². The number of halogens is 3. The molecule has 1 atom stereocenters. The number of anilines is 1. The number of methoxy groups -OCH3 is 1. The molecule has 0 bridgehead atoms. The van der Waals surface area contributed by atoms with Crippen molar-refractivity contribution in [1.82, 2.24) is 34.0 Å². The van der Waals surface area contributed by atoms with Crippen LogP contribution in [0.3, 0.4) is 0 Å². The third-order valence-electron chi connectivity index (χ3n) is 8.95.